The lowest BCUT2D eigenvalue weighted by Crippen LogP contribution is -2.22. The molecule has 0 amide bonds. The second-order valence-corrected chi connectivity index (χ2v) is 4.88. The number of imidazole rings is 1. The van der Waals surface area contributed by atoms with Crippen LogP contribution >= 0.6 is 0 Å². The first-order valence-electron chi connectivity index (χ1n) is 6.93. The van der Waals surface area contributed by atoms with Crippen LogP contribution in [0.25, 0.3) is 11.0 Å². The molecule has 0 aliphatic heterocycles. The fourth-order valence-electron chi connectivity index (χ4n) is 2.70. The maximum Gasteiger partial charge on any atom is 0.124 e. The number of nitrogens with two attached hydrogens (primary N) is 1. The molecule has 2 aromatic carbocycles. The van der Waals surface area contributed by atoms with E-state index in [1.165, 1.54) is 0 Å². The van der Waals surface area contributed by atoms with E-state index >= 15 is 0 Å². The monoisotopic (exact) mass is 276 g/mol. The highest BCUT2D eigenvalue weighted by molar-refractivity contribution is 5.76. The number of fused-ring (bicyclic) bond motifs is 1. The topological polar surface area (TPSA) is 67.6 Å². The molecule has 1 heterocycles. The van der Waals surface area contributed by atoms with E-state index in [4.69, 9.17) is 11.0 Å². The molecule has 0 bridgehead atoms. The first kappa shape index (κ1) is 13.3. The average Bonchev–Trinajstić information content (AvgIpc) is 2.88. The molecule has 0 radical (unpaired) electrons. The number of hydrogen-bond donors (Lipinski definition) is 1. The summed E-state index contributed by atoms with van der Waals surface area (Å²) in [6, 6.07) is 20.2. The van der Waals surface area contributed by atoms with Crippen LogP contribution in [0.15, 0.2) is 54.6 Å². The van der Waals surface area contributed by atoms with Gasteiger partial charge in [0.05, 0.1) is 29.6 Å². The van der Waals surface area contributed by atoms with Gasteiger partial charge in [-0.3, -0.25) is 0 Å². The van der Waals surface area contributed by atoms with E-state index in [-0.39, 0.29) is 12.5 Å². The van der Waals surface area contributed by atoms with Crippen molar-refractivity contribution in [3.05, 3.63) is 66.0 Å². The molecule has 3 rings (SSSR count). The number of hydrogen-bond acceptors (Lipinski definition) is 3. The van der Waals surface area contributed by atoms with Gasteiger partial charge in [0, 0.05) is 6.54 Å². The molecule has 2 N–H and O–H groups in total. The largest absolute Gasteiger partial charge is 0.328 e. The Kier molecular flexibility index (Phi) is 3.67. The summed E-state index contributed by atoms with van der Waals surface area (Å²) in [6.45, 7) is 0.461. The summed E-state index contributed by atoms with van der Waals surface area (Å²) >= 11 is 0. The molecule has 1 aromatic heterocycles. The molecule has 104 valence electrons. The van der Waals surface area contributed by atoms with Gasteiger partial charge in [0.25, 0.3) is 0 Å². The van der Waals surface area contributed by atoms with Gasteiger partial charge in [-0.2, -0.15) is 5.26 Å². The van der Waals surface area contributed by atoms with Crippen molar-refractivity contribution in [1.82, 2.24) is 9.55 Å². The van der Waals surface area contributed by atoms with E-state index in [1.54, 1.807) is 0 Å². The summed E-state index contributed by atoms with van der Waals surface area (Å²) in [5.41, 5.74) is 9.06. The van der Waals surface area contributed by atoms with Crippen LogP contribution in [-0.2, 0) is 6.42 Å². The summed E-state index contributed by atoms with van der Waals surface area (Å²) in [4.78, 5) is 4.58. The first-order valence-corrected chi connectivity index (χ1v) is 6.93. The Bertz CT molecular complexity index is 783. The maximum atomic E-state index is 9.06. The minimum absolute atomic E-state index is 0.0121. The van der Waals surface area contributed by atoms with Crippen molar-refractivity contribution < 1.29 is 0 Å². The van der Waals surface area contributed by atoms with Crippen molar-refractivity contribution in [2.75, 3.05) is 6.54 Å². The van der Waals surface area contributed by atoms with Crippen LogP contribution in [0.4, 0.5) is 0 Å². The van der Waals surface area contributed by atoms with Crippen LogP contribution in [0.5, 0.6) is 0 Å². The van der Waals surface area contributed by atoms with E-state index < -0.39 is 0 Å². The van der Waals surface area contributed by atoms with E-state index in [2.05, 4.69) is 27.8 Å². The fourth-order valence-corrected chi connectivity index (χ4v) is 2.70. The molecule has 21 heavy (non-hydrogen) atoms. The minimum atomic E-state index is -0.0121. The third kappa shape index (κ3) is 2.39. The lowest BCUT2D eigenvalue weighted by atomic mass is 10.1. The SMILES string of the molecule is N#CCc1nc2ccccc2n1C(CN)c1ccccc1. The van der Waals surface area contributed by atoms with Crippen molar-refractivity contribution in [3.63, 3.8) is 0 Å². The van der Waals surface area contributed by atoms with Crippen molar-refractivity contribution >= 4 is 11.0 Å². The van der Waals surface area contributed by atoms with Crippen molar-refractivity contribution in [1.29, 1.82) is 5.26 Å². The fraction of sp³-hybridized carbons (Fsp3) is 0.176. The van der Waals surface area contributed by atoms with Crippen molar-refractivity contribution in [2.24, 2.45) is 5.73 Å². The Morgan fingerprint density at radius 2 is 1.81 bits per heavy atom. The number of nitriles is 1. The van der Waals surface area contributed by atoms with Crippen LogP contribution in [0.3, 0.4) is 0 Å². The molecule has 1 unspecified atom stereocenters. The van der Waals surface area contributed by atoms with Gasteiger partial charge in [-0.1, -0.05) is 42.5 Å². The lowest BCUT2D eigenvalue weighted by Gasteiger charge is -2.20. The van der Waals surface area contributed by atoms with Crippen LogP contribution < -0.4 is 5.73 Å². The Labute approximate surface area is 123 Å². The van der Waals surface area contributed by atoms with Crippen molar-refractivity contribution in [3.8, 4) is 6.07 Å². The van der Waals surface area contributed by atoms with Crippen LogP contribution in [0.1, 0.15) is 17.4 Å². The lowest BCUT2D eigenvalue weighted by molar-refractivity contribution is 0.589. The molecule has 4 nitrogen and oxygen atoms in total. The van der Waals surface area contributed by atoms with Crippen LogP contribution in [0, 0.1) is 11.3 Å². The zero-order chi connectivity index (χ0) is 14.7. The molecule has 1 atom stereocenters. The van der Waals surface area contributed by atoms with E-state index in [0.717, 1.165) is 22.4 Å². The summed E-state index contributed by atoms with van der Waals surface area (Å²) in [5.74, 6) is 0.762. The zero-order valence-electron chi connectivity index (χ0n) is 11.6. The Hall–Kier alpha value is -2.64. The van der Waals surface area contributed by atoms with Gasteiger partial charge in [0.1, 0.15) is 5.82 Å². The maximum absolute atomic E-state index is 9.06. The summed E-state index contributed by atoms with van der Waals surface area (Å²) in [5, 5.41) is 9.06. The first-order chi connectivity index (χ1) is 10.3. The van der Waals surface area contributed by atoms with Gasteiger partial charge in [-0.25, -0.2) is 4.98 Å². The smallest absolute Gasteiger partial charge is 0.124 e. The molecular formula is C17H16N4. The summed E-state index contributed by atoms with van der Waals surface area (Å²) in [6.07, 6.45) is 0.276. The predicted octanol–water partition coefficient (Wildman–Crippen LogP) is 2.65. The van der Waals surface area contributed by atoms with Crippen LogP contribution in [-0.4, -0.2) is 16.1 Å². The molecule has 0 fully saturated rings. The predicted molar refractivity (Wildman–Crippen MR) is 82.7 cm³/mol. The Morgan fingerprint density at radius 1 is 1.10 bits per heavy atom. The van der Waals surface area contributed by atoms with E-state index in [1.807, 2.05) is 42.5 Å². The van der Waals surface area contributed by atoms with E-state index in [9.17, 15) is 0 Å². The van der Waals surface area contributed by atoms with Gasteiger partial charge >= 0.3 is 0 Å². The Morgan fingerprint density at radius 3 is 2.52 bits per heavy atom. The Balaban J connectivity index is 2.21. The third-order valence-corrected chi connectivity index (χ3v) is 3.63. The average molecular weight is 276 g/mol. The molecule has 4 heteroatoms. The molecule has 0 saturated heterocycles. The van der Waals surface area contributed by atoms with Gasteiger partial charge in [-0.15, -0.1) is 0 Å². The second kappa shape index (κ2) is 5.78. The van der Waals surface area contributed by atoms with Crippen LogP contribution in [0.2, 0.25) is 0 Å². The molecule has 0 spiro atoms. The van der Waals surface area contributed by atoms with Crippen molar-refractivity contribution in [2.45, 2.75) is 12.5 Å². The highest BCUT2D eigenvalue weighted by atomic mass is 15.1. The molecule has 0 saturated carbocycles. The van der Waals surface area contributed by atoms with Gasteiger partial charge in [-0.05, 0) is 17.7 Å². The summed E-state index contributed by atoms with van der Waals surface area (Å²) < 4.78 is 2.09. The molecule has 0 aliphatic rings. The zero-order valence-corrected chi connectivity index (χ0v) is 11.6. The third-order valence-electron chi connectivity index (χ3n) is 3.63. The number of para-hydroxylation sites is 2. The second-order valence-electron chi connectivity index (χ2n) is 4.88. The van der Waals surface area contributed by atoms with Gasteiger partial charge in [0.15, 0.2) is 0 Å². The highest BCUT2D eigenvalue weighted by Gasteiger charge is 2.19. The highest BCUT2D eigenvalue weighted by Crippen LogP contribution is 2.25. The van der Waals surface area contributed by atoms with Gasteiger partial charge < -0.3 is 10.3 Å². The number of rotatable bonds is 4. The van der Waals surface area contributed by atoms with Gasteiger partial charge in [0.2, 0.25) is 0 Å². The van der Waals surface area contributed by atoms with E-state index in [0.29, 0.717) is 6.54 Å². The quantitative estimate of drug-likeness (QED) is 0.796. The minimum Gasteiger partial charge on any atom is -0.328 e. The molecule has 3 aromatic rings. The summed E-state index contributed by atoms with van der Waals surface area (Å²) in [7, 11) is 0. The number of benzene rings is 2. The standard InChI is InChI=1S/C17H16N4/c18-11-10-17-20-14-8-4-5-9-15(14)21(17)16(12-19)13-6-2-1-3-7-13/h1-9,16H,10,12,19H2. The molecule has 0 aliphatic carbocycles. The number of nitrogens with zero attached hydrogens (tertiary/aromatic N) is 3. The normalized spacial score (nSPS) is 12.2. The number of aromatic nitrogens is 2. The molecular weight excluding hydrogens is 260 g/mol.